The van der Waals surface area contributed by atoms with E-state index < -0.39 is 0 Å². The summed E-state index contributed by atoms with van der Waals surface area (Å²) < 4.78 is 0. The number of carbonyl (C=O) groups is 1. The highest BCUT2D eigenvalue weighted by atomic mass is 16.3. The van der Waals surface area contributed by atoms with Crippen molar-refractivity contribution in [2.75, 3.05) is 32.1 Å². The standard InChI is InChI=1S/C17H21N3O2/c1-19(2)16-9-8-15(12-18-16)17(22)20(10-11-21)13-14-6-4-3-5-7-14/h3-9,12,21H,10-11,13H2,1-2H3. The highest BCUT2D eigenvalue weighted by Crippen LogP contribution is 2.12. The van der Waals surface area contributed by atoms with Crippen LogP contribution in [-0.4, -0.2) is 48.1 Å². The van der Waals surface area contributed by atoms with Gasteiger partial charge in [0.05, 0.1) is 12.2 Å². The molecule has 116 valence electrons. The van der Waals surface area contributed by atoms with Crippen molar-refractivity contribution in [1.29, 1.82) is 0 Å². The zero-order valence-corrected chi connectivity index (χ0v) is 12.9. The Balaban J connectivity index is 2.15. The predicted molar refractivity (Wildman–Crippen MR) is 86.8 cm³/mol. The molecule has 0 aliphatic heterocycles. The first-order valence-corrected chi connectivity index (χ1v) is 7.19. The number of aliphatic hydroxyl groups is 1. The van der Waals surface area contributed by atoms with Crippen molar-refractivity contribution in [2.45, 2.75) is 6.54 Å². The summed E-state index contributed by atoms with van der Waals surface area (Å²) in [5.74, 6) is 0.670. The van der Waals surface area contributed by atoms with E-state index in [0.29, 0.717) is 18.7 Å². The van der Waals surface area contributed by atoms with E-state index in [9.17, 15) is 9.90 Å². The van der Waals surface area contributed by atoms with Crippen LogP contribution in [0.1, 0.15) is 15.9 Å². The molecule has 1 aromatic carbocycles. The molecule has 1 amide bonds. The lowest BCUT2D eigenvalue weighted by Crippen LogP contribution is -2.33. The molecular weight excluding hydrogens is 278 g/mol. The number of nitrogens with zero attached hydrogens (tertiary/aromatic N) is 3. The molecule has 0 atom stereocenters. The first-order chi connectivity index (χ1) is 10.6. The third-order valence-electron chi connectivity index (χ3n) is 3.33. The Morgan fingerprint density at radius 1 is 1.14 bits per heavy atom. The van der Waals surface area contributed by atoms with Crippen LogP contribution in [0.4, 0.5) is 5.82 Å². The zero-order valence-electron chi connectivity index (χ0n) is 12.9. The number of anilines is 1. The van der Waals surface area contributed by atoms with Gasteiger partial charge in [-0.3, -0.25) is 4.79 Å². The summed E-state index contributed by atoms with van der Waals surface area (Å²) in [6, 6.07) is 13.3. The van der Waals surface area contributed by atoms with E-state index in [1.54, 1.807) is 17.2 Å². The van der Waals surface area contributed by atoms with Gasteiger partial charge >= 0.3 is 0 Å². The Hall–Kier alpha value is -2.40. The fraction of sp³-hybridized carbons (Fsp3) is 0.294. The molecule has 0 saturated carbocycles. The molecule has 1 aromatic heterocycles. The molecule has 0 aliphatic rings. The molecule has 0 fully saturated rings. The van der Waals surface area contributed by atoms with E-state index in [0.717, 1.165) is 11.4 Å². The fourth-order valence-electron chi connectivity index (χ4n) is 2.14. The van der Waals surface area contributed by atoms with Crippen LogP contribution in [0.2, 0.25) is 0 Å². The minimum atomic E-state index is -0.129. The lowest BCUT2D eigenvalue weighted by molar-refractivity contribution is 0.0707. The number of aliphatic hydroxyl groups excluding tert-OH is 1. The molecule has 2 rings (SSSR count). The lowest BCUT2D eigenvalue weighted by atomic mass is 10.2. The van der Waals surface area contributed by atoms with E-state index in [1.807, 2.05) is 55.4 Å². The minimum Gasteiger partial charge on any atom is -0.395 e. The van der Waals surface area contributed by atoms with Gasteiger partial charge in [0.15, 0.2) is 0 Å². The monoisotopic (exact) mass is 299 g/mol. The van der Waals surface area contributed by atoms with Crippen molar-refractivity contribution in [3.8, 4) is 0 Å². The number of amides is 1. The van der Waals surface area contributed by atoms with Crippen molar-refractivity contribution >= 4 is 11.7 Å². The van der Waals surface area contributed by atoms with E-state index in [2.05, 4.69) is 4.98 Å². The molecule has 0 unspecified atom stereocenters. The molecule has 0 aliphatic carbocycles. The normalized spacial score (nSPS) is 10.3. The molecule has 0 bridgehead atoms. The number of pyridine rings is 1. The smallest absolute Gasteiger partial charge is 0.255 e. The molecule has 1 heterocycles. The number of hydrogen-bond donors (Lipinski definition) is 1. The van der Waals surface area contributed by atoms with Crippen LogP contribution < -0.4 is 4.90 Å². The molecule has 5 nitrogen and oxygen atoms in total. The van der Waals surface area contributed by atoms with E-state index in [1.165, 1.54) is 0 Å². The lowest BCUT2D eigenvalue weighted by Gasteiger charge is -2.22. The van der Waals surface area contributed by atoms with Crippen LogP contribution in [0.15, 0.2) is 48.7 Å². The predicted octanol–water partition coefficient (Wildman–Crippen LogP) is 1.78. The second-order valence-corrected chi connectivity index (χ2v) is 5.24. The fourth-order valence-corrected chi connectivity index (χ4v) is 2.14. The minimum absolute atomic E-state index is 0.0677. The summed E-state index contributed by atoms with van der Waals surface area (Å²) >= 11 is 0. The molecule has 22 heavy (non-hydrogen) atoms. The number of rotatable bonds is 6. The Morgan fingerprint density at radius 3 is 2.41 bits per heavy atom. The Bertz CT molecular complexity index is 597. The largest absolute Gasteiger partial charge is 0.395 e. The van der Waals surface area contributed by atoms with Gasteiger partial charge in [-0.25, -0.2) is 4.98 Å². The average Bonchev–Trinajstić information content (AvgIpc) is 2.55. The highest BCUT2D eigenvalue weighted by Gasteiger charge is 2.16. The summed E-state index contributed by atoms with van der Waals surface area (Å²) in [5.41, 5.74) is 1.55. The van der Waals surface area contributed by atoms with Gasteiger partial charge in [-0.1, -0.05) is 30.3 Å². The number of benzene rings is 1. The zero-order chi connectivity index (χ0) is 15.9. The van der Waals surface area contributed by atoms with Crippen molar-refractivity contribution in [2.24, 2.45) is 0 Å². The van der Waals surface area contributed by atoms with Gasteiger partial charge in [0, 0.05) is 33.4 Å². The van der Waals surface area contributed by atoms with E-state index >= 15 is 0 Å². The molecular formula is C17H21N3O2. The maximum absolute atomic E-state index is 12.6. The van der Waals surface area contributed by atoms with Gasteiger partial charge in [-0.15, -0.1) is 0 Å². The van der Waals surface area contributed by atoms with Gasteiger partial charge in [-0.05, 0) is 17.7 Å². The first kappa shape index (κ1) is 16.0. The van der Waals surface area contributed by atoms with Crippen LogP contribution in [0, 0.1) is 0 Å². The molecule has 1 N–H and O–H groups in total. The second-order valence-electron chi connectivity index (χ2n) is 5.24. The maximum Gasteiger partial charge on any atom is 0.255 e. The third-order valence-corrected chi connectivity index (χ3v) is 3.33. The quantitative estimate of drug-likeness (QED) is 0.883. The number of aromatic nitrogens is 1. The first-order valence-electron chi connectivity index (χ1n) is 7.19. The highest BCUT2D eigenvalue weighted by molar-refractivity contribution is 5.94. The number of carbonyl (C=O) groups excluding carboxylic acids is 1. The van der Waals surface area contributed by atoms with E-state index in [-0.39, 0.29) is 12.5 Å². The van der Waals surface area contributed by atoms with Crippen molar-refractivity contribution in [3.05, 3.63) is 59.8 Å². The SMILES string of the molecule is CN(C)c1ccc(C(=O)N(CCO)Cc2ccccc2)cn1. The maximum atomic E-state index is 12.6. The van der Waals surface area contributed by atoms with Crippen molar-refractivity contribution in [1.82, 2.24) is 9.88 Å². The topological polar surface area (TPSA) is 56.7 Å². The Kier molecular flexibility index (Phi) is 5.49. The molecule has 0 saturated heterocycles. The summed E-state index contributed by atoms with van der Waals surface area (Å²) in [4.78, 5) is 20.4. The molecule has 5 heteroatoms. The van der Waals surface area contributed by atoms with Crippen molar-refractivity contribution in [3.63, 3.8) is 0 Å². The van der Waals surface area contributed by atoms with Crippen LogP contribution in [-0.2, 0) is 6.54 Å². The van der Waals surface area contributed by atoms with Gasteiger partial charge in [0.25, 0.3) is 5.91 Å². The Labute approximate surface area is 130 Å². The van der Waals surface area contributed by atoms with Crippen LogP contribution in [0.3, 0.4) is 0 Å². The van der Waals surface area contributed by atoms with Crippen molar-refractivity contribution < 1.29 is 9.90 Å². The summed E-state index contributed by atoms with van der Waals surface area (Å²) in [6.45, 7) is 0.695. The van der Waals surface area contributed by atoms with Gasteiger partial charge in [0.2, 0.25) is 0 Å². The molecule has 0 radical (unpaired) electrons. The molecule has 2 aromatic rings. The second kappa shape index (κ2) is 7.56. The summed E-state index contributed by atoms with van der Waals surface area (Å²) in [7, 11) is 3.80. The number of hydrogen-bond acceptors (Lipinski definition) is 4. The van der Waals surface area contributed by atoms with Gasteiger partial charge < -0.3 is 14.9 Å². The van der Waals surface area contributed by atoms with Gasteiger partial charge in [0.1, 0.15) is 5.82 Å². The summed E-state index contributed by atoms with van der Waals surface area (Å²) in [5, 5.41) is 9.21. The van der Waals surface area contributed by atoms with E-state index in [4.69, 9.17) is 0 Å². The van der Waals surface area contributed by atoms with Crippen LogP contribution in [0.5, 0.6) is 0 Å². The van der Waals surface area contributed by atoms with Crippen LogP contribution >= 0.6 is 0 Å². The van der Waals surface area contributed by atoms with Gasteiger partial charge in [-0.2, -0.15) is 0 Å². The third kappa shape index (κ3) is 4.05. The average molecular weight is 299 g/mol. The summed E-state index contributed by atoms with van der Waals surface area (Å²) in [6.07, 6.45) is 1.58. The Morgan fingerprint density at radius 2 is 1.86 bits per heavy atom. The van der Waals surface area contributed by atoms with Crippen LogP contribution in [0.25, 0.3) is 0 Å². The molecule has 0 spiro atoms.